The molecule has 0 aromatic heterocycles. The smallest absolute Gasteiger partial charge is 0.408 e. The van der Waals surface area contributed by atoms with Crippen molar-refractivity contribution in [2.75, 3.05) is 0 Å². The van der Waals surface area contributed by atoms with Gasteiger partial charge in [-0.3, -0.25) is 14.5 Å². The lowest BCUT2D eigenvalue weighted by molar-refractivity contribution is -0.138. The molecule has 0 saturated carbocycles. The van der Waals surface area contributed by atoms with Crippen LogP contribution in [0.5, 0.6) is 5.75 Å². The summed E-state index contributed by atoms with van der Waals surface area (Å²) in [6.45, 7) is 7.40. The zero-order valence-corrected chi connectivity index (χ0v) is 23.9. The third kappa shape index (κ3) is 9.14. The quantitative estimate of drug-likeness (QED) is 0.244. The van der Waals surface area contributed by atoms with Gasteiger partial charge < -0.3 is 20.5 Å². The molecule has 0 aliphatic heterocycles. The second kappa shape index (κ2) is 14.0. The highest BCUT2D eigenvalue weighted by molar-refractivity contribution is 5.93. The van der Waals surface area contributed by atoms with Gasteiger partial charge in [-0.25, -0.2) is 4.79 Å². The van der Waals surface area contributed by atoms with Gasteiger partial charge in [-0.05, 0) is 61.6 Å². The summed E-state index contributed by atoms with van der Waals surface area (Å²) in [6, 6.07) is 23.0. The van der Waals surface area contributed by atoms with Crippen LogP contribution in [0.3, 0.4) is 0 Å². The minimum Gasteiger partial charge on any atom is -0.508 e. The Morgan fingerprint density at radius 3 is 2.10 bits per heavy atom. The molecule has 8 nitrogen and oxygen atoms in total. The number of alkyl carbamates (subject to hydrolysis) is 1. The van der Waals surface area contributed by atoms with Crippen LogP contribution in [0.1, 0.15) is 56.0 Å². The highest BCUT2D eigenvalue weighted by Gasteiger charge is 2.36. The third-order valence-corrected chi connectivity index (χ3v) is 6.26. The largest absolute Gasteiger partial charge is 0.508 e. The van der Waals surface area contributed by atoms with E-state index in [0.29, 0.717) is 11.1 Å². The van der Waals surface area contributed by atoms with E-state index < -0.39 is 35.6 Å². The fourth-order valence-electron chi connectivity index (χ4n) is 4.19. The number of hydrogen-bond acceptors (Lipinski definition) is 5. The number of rotatable bonds is 10. The molecule has 0 aliphatic rings. The first-order chi connectivity index (χ1) is 19.5. The molecule has 3 N–H and O–H groups in total. The minimum absolute atomic E-state index is 0.0453. The van der Waals surface area contributed by atoms with Gasteiger partial charge in [-0.1, -0.05) is 80.1 Å². The van der Waals surface area contributed by atoms with E-state index in [-0.39, 0.29) is 18.7 Å². The lowest BCUT2D eigenvalue weighted by Crippen LogP contribution is -2.52. The molecule has 3 aromatic rings. The minimum atomic E-state index is -1.16. The molecule has 41 heavy (non-hydrogen) atoms. The van der Waals surface area contributed by atoms with Crippen LogP contribution >= 0.6 is 0 Å². The number of aryl methyl sites for hydroxylation is 1. The number of benzene rings is 3. The Balaban J connectivity index is 1.96. The topological polar surface area (TPSA) is 108 Å². The molecule has 0 spiro atoms. The average molecular weight is 556 g/mol. The molecule has 2 unspecified atom stereocenters. The summed E-state index contributed by atoms with van der Waals surface area (Å²) < 4.78 is 5.40. The van der Waals surface area contributed by atoms with E-state index in [1.165, 1.54) is 12.1 Å². The van der Waals surface area contributed by atoms with Gasteiger partial charge >= 0.3 is 6.09 Å². The summed E-state index contributed by atoms with van der Waals surface area (Å²) in [7, 11) is 0. The number of phenolic OH excluding ortho intramolecular Hbond substituents is 1. The lowest BCUT2D eigenvalue weighted by atomic mass is 9.99. The Kier molecular flexibility index (Phi) is 10.5. The Morgan fingerprint density at radius 2 is 1.54 bits per heavy atom. The second-order valence-electron chi connectivity index (χ2n) is 10.6. The van der Waals surface area contributed by atoms with Gasteiger partial charge in [0.05, 0.1) is 0 Å². The Morgan fingerprint density at radius 1 is 0.927 bits per heavy atom. The predicted octanol–water partition coefficient (Wildman–Crippen LogP) is 4.87. The van der Waals surface area contributed by atoms with Crippen molar-refractivity contribution in [3.8, 4) is 18.2 Å². The summed E-state index contributed by atoms with van der Waals surface area (Å²) in [5.74, 6) is -1.07. The maximum atomic E-state index is 14.0. The van der Waals surface area contributed by atoms with Gasteiger partial charge in [0.25, 0.3) is 5.91 Å². The first-order valence-electron chi connectivity index (χ1n) is 13.5. The number of ether oxygens (including phenoxy) is 1. The number of carbonyl (C=O) groups is 3. The van der Waals surface area contributed by atoms with Gasteiger partial charge in [-0.2, -0.15) is 0 Å². The molecule has 3 amide bonds. The van der Waals surface area contributed by atoms with Crippen molar-refractivity contribution in [2.45, 2.75) is 64.8 Å². The van der Waals surface area contributed by atoms with Crippen LogP contribution < -0.4 is 10.6 Å². The van der Waals surface area contributed by atoms with E-state index in [4.69, 9.17) is 11.2 Å². The van der Waals surface area contributed by atoms with Gasteiger partial charge in [-0.15, -0.1) is 0 Å². The molecule has 8 heteroatoms. The normalized spacial score (nSPS) is 12.4. The highest BCUT2D eigenvalue weighted by atomic mass is 16.6. The number of hydrogen-bond donors (Lipinski definition) is 3. The lowest BCUT2D eigenvalue weighted by Gasteiger charge is -2.30. The zero-order chi connectivity index (χ0) is 30.0. The summed E-state index contributed by atoms with van der Waals surface area (Å²) in [6.07, 6.45) is 5.94. The number of aromatic hydroxyl groups is 1. The molecular formula is C33H37N3O5. The maximum absolute atomic E-state index is 14.0. The van der Waals surface area contributed by atoms with E-state index in [1.54, 1.807) is 45.0 Å². The van der Waals surface area contributed by atoms with E-state index in [9.17, 15) is 19.5 Å². The maximum Gasteiger partial charge on any atom is 0.408 e. The van der Waals surface area contributed by atoms with Crippen molar-refractivity contribution < 1.29 is 24.2 Å². The fourth-order valence-corrected chi connectivity index (χ4v) is 4.19. The number of carbonyl (C=O) groups excluding carboxylic acids is 3. The van der Waals surface area contributed by atoms with Crippen molar-refractivity contribution >= 4 is 17.9 Å². The first kappa shape index (κ1) is 30.8. The molecule has 2 atom stereocenters. The van der Waals surface area contributed by atoms with Crippen LogP contribution in [-0.4, -0.2) is 39.6 Å². The average Bonchev–Trinajstić information content (AvgIpc) is 2.94. The molecule has 0 radical (unpaired) electrons. The SMILES string of the molecule is C#CN(C(=O)C(Cc1ccc(O)cc1)NC(=O)OC(C)(C)C)C(C(=O)NCc1ccccc1)c1ccc(CC)cc1. The molecule has 0 fully saturated rings. The number of terminal acetylenes is 1. The summed E-state index contributed by atoms with van der Waals surface area (Å²) >= 11 is 0. The number of nitrogens with one attached hydrogen (secondary N) is 2. The van der Waals surface area contributed by atoms with Crippen LogP contribution in [-0.2, 0) is 33.7 Å². The van der Waals surface area contributed by atoms with Crippen molar-refractivity contribution in [3.63, 3.8) is 0 Å². The van der Waals surface area contributed by atoms with Crippen LogP contribution in [0.2, 0.25) is 0 Å². The number of phenols is 1. The molecule has 3 rings (SSSR count). The van der Waals surface area contributed by atoms with E-state index >= 15 is 0 Å². The van der Waals surface area contributed by atoms with Gasteiger partial charge in [0.15, 0.2) is 0 Å². The molecule has 3 aromatic carbocycles. The fraction of sp³-hybridized carbons (Fsp3) is 0.303. The summed E-state index contributed by atoms with van der Waals surface area (Å²) in [5.41, 5.74) is 2.33. The van der Waals surface area contributed by atoms with E-state index in [1.807, 2.05) is 49.4 Å². The van der Waals surface area contributed by atoms with Crippen molar-refractivity contribution in [1.29, 1.82) is 0 Å². The van der Waals surface area contributed by atoms with Crippen molar-refractivity contribution in [2.24, 2.45) is 0 Å². The van der Waals surface area contributed by atoms with Crippen LogP contribution in [0, 0.1) is 12.5 Å². The van der Waals surface area contributed by atoms with Crippen LogP contribution in [0.25, 0.3) is 0 Å². The summed E-state index contributed by atoms with van der Waals surface area (Å²) in [4.78, 5) is 41.5. The molecule has 0 heterocycles. The van der Waals surface area contributed by atoms with Gasteiger partial charge in [0.1, 0.15) is 23.4 Å². The molecule has 0 saturated heterocycles. The van der Waals surface area contributed by atoms with E-state index in [2.05, 4.69) is 16.7 Å². The number of nitrogens with zero attached hydrogens (tertiary/aromatic N) is 1. The molecule has 0 bridgehead atoms. The Labute approximate surface area is 241 Å². The highest BCUT2D eigenvalue weighted by Crippen LogP contribution is 2.24. The summed E-state index contributed by atoms with van der Waals surface area (Å²) in [5, 5.41) is 15.2. The van der Waals surface area contributed by atoms with Gasteiger partial charge in [0, 0.05) is 19.0 Å². The molecule has 214 valence electrons. The number of amides is 3. The Bertz CT molecular complexity index is 1360. The van der Waals surface area contributed by atoms with Gasteiger partial charge in [0.2, 0.25) is 5.91 Å². The van der Waals surface area contributed by atoms with Crippen molar-refractivity contribution in [3.05, 3.63) is 101 Å². The monoisotopic (exact) mass is 555 g/mol. The second-order valence-corrected chi connectivity index (χ2v) is 10.6. The third-order valence-electron chi connectivity index (χ3n) is 6.26. The molecule has 0 aliphatic carbocycles. The Hall–Kier alpha value is -4.77. The predicted molar refractivity (Wildman–Crippen MR) is 157 cm³/mol. The zero-order valence-electron chi connectivity index (χ0n) is 23.9. The van der Waals surface area contributed by atoms with Crippen molar-refractivity contribution in [1.82, 2.24) is 15.5 Å². The van der Waals surface area contributed by atoms with Crippen LogP contribution in [0.15, 0.2) is 78.9 Å². The molecular weight excluding hydrogens is 518 g/mol. The van der Waals surface area contributed by atoms with Crippen LogP contribution in [0.4, 0.5) is 4.79 Å². The van der Waals surface area contributed by atoms with E-state index in [0.717, 1.165) is 22.4 Å². The first-order valence-corrected chi connectivity index (χ1v) is 13.5. The standard InChI is InChI=1S/C33H37N3O5/c1-6-23-13-17-26(18-14-23)29(30(38)34-22-25-11-9-8-10-12-25)36(7-2)31(39)28(35-32(40)41-33(3,4)5)21-24-15-19-27(37)20-16-24/h2,8-20,28-29,37H,6,21-22H2,1,3-5H3,(H,34,38)(H,35,40).